The molecule has 3 nitrogen and oxygen atoms in total. The molecule has 1 aromatic heterocycles. The molecule has 3 heteroatoms. The normalized spacial score (nSPS) is 23.1. The van der Waals surface area contributed by atoms with Crippen LogP contribution in [0.15, 0.2) is 12.5 Å². The molecule has 0 bridgehead atoms. The van der Waals surface area contributed by atoms with E-state index in [9.17, 15) is 0 Å². The van der Waals surface area contributed by atoms with Crippen LogP contribution in [0.4, 0.5) is 0 Å². The van der Waals surface area contributed by atoms with E-state index < -0.39 is 0 Å². The molecule has 1 saturated heterocycles. The van der Waals surface area contributed by atoms with E-state index in [0.29, 0.717) is 6.10 Å². The Hall–Kier alpha value is -0.830. The molecule has 2 heterocycles. The van der Waals surface area contributed by atoms with E-state index in [2.05, 4.69) is 4.98 Å². The summed E-state index contributed by atoms with van der Waals surface area (Å²) in [4.78, 5) is 4.01. The standard InChI is InChI=1S/C7H10N2O/c1-9-5-8-3-6(9)2-7-4-10-7/h3,5,7H,2,4H2,1H3. The van der Waals surface area contributed by atoms with Crippen LogP contribution < -0.4 is 0 Å². The summed E-state index contributed by atoms with van der Waals surface area (Å²) in [6.45, 7) is 0.922. The second-order valence-electron chi connectivity index (χ2n) is 2.66. The number of aromatic nitrogens is 2. The average Bonchev–Trinajstić information content (AvgIpc) is 2.62. The van der Waals surface area contributed by atoms with Crippen molar-refractivity contribution >= 4 is 0 Å². The quantitative estimate of drug-likeness (QED) is 0.552. The van der Waals surface area contributed by atoms with Gasteiger partial charge in [-0.15, -0.1) is 0 Å². The molecule has 10 heavy (non-hydrogen) atoms. The van der Waals surface area contributed by atoms with Gasteiger partial charge in [0.2, 0.25) is 0 Å². The topological polar surface area (TPSA) is 30.4 Å². The molecule has 2 rings (SSSR count). The van der Waals surface area contributed by atoms with Crippen LogP contribution in [0.25, 0.3) is 0 Å². The minimum absolute atomic E-state index is 0.468. The molecule has 0 spiro atoms. The van der Waals surface area contributed by atoms with E-state index in [1.165, 1.54) is 5.69 Å². The number of imidazole rings is 1. The second-order valence-corrected chi connectivity index (χ2v) is 2.66. The second kappa shape index (κ2) is 2.09. The third-order valence-electron chi connectivity index (χ3n) is 1.76. The Bertz CT molecular complexity index is 227. The molecule has 1 fully saturated rings. The molecule has 0 aliphatic carbocycles. The zero-order valence-electron chi connectivity index (χ0n) is 5.95. The summed E-state index contributed by atoms with van der Waals surface area (Å²) in [5, 5.41) is 0. The Morgan fingerprint density at radius 1 is 1.90 bits per heavy atom. The molecule has 0 radical (unpaired) electrons. The van der Waals surface area contributed by atoms with Crippen molar-refractivity contribution in [1.29, 1.82) is 0 Å². The van der Waals surface area contributed by atoms with Crippen LogP contribution in [-0.4, -0.2) is 22.3 Å². The predicted octanol–water partition coefficient (Wildman–Crippen LogP) is 0.361. The van der Waals surface area contributed by atoms with E-state index in [1.54, 1.807) is 0 Å². The molecule has 1 atom stereocenters. The van der Waals surface area contributed by atoms with Gasteiger partial charge in [-0.1, -0.05) is 0 Å². The van der Waals surface area contributed by atoms with E-state index in [0.717, 1.165) is 13.0 Å². The van der Waals surface area contributed by atoms with Gasteiger partial charge in [0.05, 0.1) is 19.0 Å². The SMILES string of the molecule is Cn1cncc1CC1CO1. The van der Waals surface area contributed by atoms with E-state index in [-0.39, 0.29) is 0 Å². The first-order chi connectivity index (χ1) is 4.86. The predicted molar refractivity (Wildman–Crippen MR) is 36.7 cm³/mol. The molecular weight excluding hydrogens is 128 g/mol. The number of nitrogens with zero attached hydrogens (tertiary/aromatic N) is 2. The maximum atomic E-state index is 5.10. The summed E-state index contributed by atoms with van der Waals surface area (Å²) in [5.41, 5.74) is 1.25. The van der Waals surface area contributed by atoms with Gasteiger partial charge in [0, 0.05) is 25.4 Å². The van der Waals surface area contributed by atoms with Gasteiger partial charge in [0.15, 0.2) is 0 Å². The van der Waals surface area contributed by atoms with Crippen molar-refractivity contribution in [3.8, 4) is 0 Å². The number of aryl methyl sites for hydroxylation is 1. The van der Waals surface area contributed by atoms with Crippen LogP contribution in [0.1, 0.15) is 5.69 Å². The Morgan fingerprint density at radius 3 is 3.20 bits per heavy atom. The highest BCUT2D eigenvalue weighted by molar-refractivity contribution is 5.01. The van der Waals surface area contributed by atoms with E-state index >= 15 is 0 Å². The molecule has 0 aromatic carbocycles. The van der Waals surface area contributed by atoms with Gasteiger partial charge in [-0.3, -0.25) is 0 Å². The first-order valence-electron chi connectivity index (χ1n) is 3.43. The summed E-state index contributed by atoms with van der Waals surface area (Å²) >= 11 is 0. The molecule has 1 aliphatic rings. The lowest BCUT2D eigenvalue weighted by Gasteiger charge is -1.96. The number of ether oxygens (including phenoxy) is 1. The van der Waals surface area contributed by atoms with Gasteiger partial charge < -0.3 is 9.30 Å². The van der Waals surface area contributed by atoms with Gasteiger partial charge in [0.25, 0.3) is 0 Å². The van der Waals surface area contributed by atoms with Crippen molar-refractivity contribution in [2.75, 3.05) is 6.61 Å². The monoisotopic (exact) mass is 138 g/mol. The number of hydrogen-bond donors (Lipinski definition) is 0. The summed E-state index contributed by atoms with van der Waals surface area (Å²) in [6, 6.07) is 0. The molecule has 54 valence electrons. The Morgan fingerprint density at radius 2 is 2.70 bits per heavy atom. The summed E-state index contributed by atoms with van der Waals surface area (Å²) in [7, 11) is 2.00. The van der Waals surface area contributed by atoms with E-state index in [4.69, 9.17) is 4.74 Å². The molecule has 1 unspecified atom stereocenters. The van der Waals surface area contributed by atoms with Gasteiger partial charge in [-0.05, 0) is 0 Å². The average molecular weight is 138 g/mol. The molecular formula is C7H10N2O. The lowest BCUT2D eigenvalue weighted by molar-refractivity contribution is 0.404. The first kappa shape index (κ1) is 5.92. The minimum Gasteiger partial charge on any atom is -0.373 e. The third-order valence-corrected chi connectivity index (χ3v) is 1.76. The maximum Gasteiger partial charge on any atom is 0.0945 e. The van der Waals surface area contributed by atoms with Crippen LogP contribution in [0.2, 0.25) is 0 Å². The third kappa shape index (κ3) is 1.04. The highest BCUT2D eigenvalue weighted by Gasteiger charge is 2.23. The first-order valence-corrected chi connectivity index (χ1v) is 3.43. The van der Waals surface area contributed by atoms with Crippen LogP contribution >= 0.6 is 0 Å². The molecule has 0 amide bonds. The fourth-order valence-electron chi connectivity index (χ4n) is 1.00. The van der Waals surface area contributed by atoms with Crippen molar-refractivity contribution in [2.24, 2.45) is 7.05 Å². The fraction of sp³-hybridized carbons (Fsp3) is 0.571. The van der Waals surface area contributed by atoms with Gasteiger partial charge in [-0.25, -0.2) is 4.98 Å². The largest absolute Gasteiger partial charge is 0.373 e. The fourth-order valence-corrected chi connectivity index (χ4v) is 1.00. The van der Waals surface area contributed by atoms with Crippen molar-refractivity contribution < 1.29 is 4.74 Å². The Labute approximate surface area is 59.6 Å². The lowest BCUT2D eigenvalue weighted by atomic mass is 10.3. The van der Waals surface area contributed by atoms with E-state index in [1.807, 2.05) is 24.1 Å². The highest BCUT2D eigenvalue weighted by atomic mass is 16.6. The summed E-state index contributed by atoms with van der Waals surface area (Å²) in [6.07, 6.45) is 5.19. The number of hydrogen-bond acceptors (Lipinski definition) is 2. The van der Waals surface area contributed by atoms with Crippen LogP contribution in [0, 0.1) is 0 Å². The van der Waals surface area contributed by atoms with Gasteiger partial charge >= 0.3 is 0 Å². The van der Waals surface area contributed by atoms with Crippen molar-refractivity contribution in [2.45, 2.75) is 12.5 Å². The summed E-state index contributed by atoms with van der Waals surface area (Å²) in [5.74, 6) is 0. The van der Waals surface area contributed by atoms with Gasteiger partial charge in [0.1, 0.15) is 0 Å². The zero-order valence-corrected chi connectivity index (χ0v) is 5.95. The number of rotatable bonds is 2. The molecule has 0 N–H and O–H groups in total. The molecule has 1 aromatic rings. The van der Waals surface area contributed by atoms with Crippen molar-refractivity contribution in [3.63, 3.8) is 0 Å². The lowest BCUT2D eigenvalue weighted by Crippen LogP contribution is -1.99. The smallest absolute Gasteiger partial charge is 0.0945 e. The zero-order chi connectivity index (χ0) is 6.97. The van der Waals surface area contributed by atoms with Crippen molar-refractivity contribution in [1.82, 2.24) is 9.55 Å². The van der Waals surface area contributed by atoms with Gasteiger partial charge in [-0.2, -0.15) is 0 Å². The number of epoxide rings is 1. The highest BCUT2D eigenvalue weighted by Crippen LogP contribution is 2.14. The summed E-state index contributed by atoms with van der Waals surface area (Å²) < 4.78 is 7.13. The van der Waals surface area contributed by atoms with Crippen LogP contribution in [-0.2, 0) is 18.2 Å². The van der Waals surface area contributed by atoms with Crippen LogP contribution in [0.3, 0.4) is 0 Å². The minimum atomic E-state index is 0.468. The molecule has 0 saturated carbocycles. The van der Waals surface area contributed by atoms with Crippen LogP contribution in [0.5, 0.6) is 0 Å². The molecule has 1 aliphatic heterocycles. The maximum absolute atomic E-state index is 5.10. The Balaban J connectivity index is 2.08. The Kier molecular flexibility index (Phi) is 1.24. The van der Waals surface area contributed by atoms with Crippen molar-refractivity contribution in [3.05, 3.63) is 18.2 Å².